The number of nitrogens with zero attached hydrogens (tertiary/aromatic N) is 1. The van der Waals surface area contributed by atoms with E-state index in [1.165, 1.54) is 11.5 Å². The molecule has 2 rings (SSSR count). The Morgan fingerprint density at radius 1 is 1.35 bits per heavy atom. The van der Waals surface area contributed by atoms with Gasteiger partial charge in [-0.3, -0.25) is 0 Å². The van der Waals surface area contributed by atoms with Crippen LogP contribution < -0.4 is 5.32 Å². The standard InChI is InChI=1S/C12H16N2O2S/c1-15-8-9(16-2)7-13-12-10-5-3-4-6-11(10)14-17-12/h3-6,9,13H,7-8H2,1-2H3. The van der Waals surface area contributed by atoms with E-state index in [1.54, 1.807) is 14.2 Å². The van der Waals surface area contributed by atoms with Crippen molar-refractivity contribution in [3.63, 3.8) is 0 Å². The van der Waals surface area contributed by atoms with Crippen molar-refractivity contribution in [3.8, 4) is 0 Å². The summed E-state index contributed by atoms with van der Waals surface area (Å²) in [5, 5.41) is 5.59. The van der Waals surface area contributed by atoms with Crippen LogP contribution in [0.2, 0.25) is 0 Å². The molecule has 17 heavy (non-hydrogen) atoms. The summed E-state index contributed by atoms with van der Waals surface area (Å²) in [7, 11) is 3.37. The highest BCUT2D eigenvalue weighted by Crippen LogP contribution is 2.27. The Morgan fingerprint density at radius 3 is 2.94 bits per heavy atom. The zero-order chi connectivity index (χ0) is 12.1. The molecule has 0 amide bonds. The minimum Gasteiger partial charge on any atom is -0.382 e. The van der Waals surface area contributed by atoms with E-state index in [9.17, 15) is 0 Å². The molecule has 1 unspecified atom stereocenters. The molecule has 0 bridgehead atoms. The van der Waals surface area contributed by atoms with E-state index in [0.717, 1.165) is 22.4 Å². The fraction of sp³-hybridized carbons (Fsp3) is 0.417. The van der Waals surface area contributed by atoms with Crippen molar-refractivity contribution in [3.05, 3.63) is 24.3 Å². The predicted molar refractivity (Wildman–Crippen MR) is 70.8 cm³/mol. The Bertz CT molecular complexity index is 472. The Morgan fingerprint density at radius 2 is 2.18 bits per heavy atom. The van der Waals surface area contributed by atoms with Gasteiger partial charge in [0.2, 0.25) is 0 Å². The molecule has 0 spiro atoms. The highest BCUT2D eigenvalue weighted by atomic mass is 32.1. The Balaban J connectivity index is 2.03. The van der Waals surface area contributed by atoms with E-state index in [2.05, 4.69) is 15.8 Å². The van der Waals surface area contributed by atoms with Gasteiger partial charge >= 0.3 is 0 Å². The van der Waals surface area contributed by atoms with Crippen LogP contribution in [0.5, 0.6) is 0 Å². The van der Waals surface area contributed by atoms with Gasteiger partial charge in [-0.25, -0.2) is 0 Å². The van der Waals surface area contributed by atoms with Crippen molar-refractivity contribution in [2.24, 2.45) is 0 Å². The normalized spacial score (nSPS) is 12.8. The summed E-state index contributed by atoms with van der Waals surface area (Å²) in [6.45, 7) is 1.30. The Kier molecular flexibility index (Phi) is 4.30. The minimum absolute atomic E-state index is 0.0564. The van der Waals surface area contributed by atoms with Crippen molar-refractivity contribution >= 4 is 27.4 Å². The van der Waals surface area contributed by atoms with Crippen LogP contribution in [0.3, 0.4) is 0 Å². The van der Waals surface area contributed by atoms with Crippen molar-refractivity contribution in [2.75, 3.05) is 32.7 Å². The molecule has 0 aliphatic carbocycles. The topological polar surface area (TPSA) is 43.4 Å². The fourth-order valence-electron chi connectivity index (χ4n) is 1.62. The lowest BCUT2D eigenvalue weighted by Crippen LogP contribution is -2.26. The Hall–Kier alpha value is -1.17. The maximum atomic E-state index is 5.30. The number of benzene rings is 1. The van der Waals surface area contributed by atoms with E-state index in [4.69, 9.17) is 9.47 Å². The van der Waals surface area contributed by atoms with Crippen molar-refractivity contribution in [1.82, 2.24) is 4.37 Å². The van der Waals surface area contributed by atoms with Crippen molar-refractivity contribution in [2.45, 2.75) is 6.10 Å². The monoisotopic (exact) mass is 252 g/mol. The van der Waals surface area contributed by atoms with Gasteiger partial charge in [-0.05, 0) is 23.7 Å². The first kappa shape index (κ1) is 12.3. The summed E-state index contributed by atoms with van der Waals surface area (Å²) in [5.41, 5.74) is 1.03. The lowest BCUT2D eigenvalue weighted by atomic mass is 10.2. The minimum atomic E-state index is 0.0564. The predicted octanol–water partition coefficient (Wildman–Crippen LogP) is 2.37. The third-order valence-corrected chi connectivity index (χ3v) is 3.39. The molecule has 0 radical (unpaired) electrons. The number of hydrogen-bond acceptors (Lipinski definition) is 5. The molecule has 1 atom stereocenters. The first-order valence-corrected chi connectivity index (χ1v) is 6.22. The molecule has 5 heteroatoms. The molecule has 1 N–H and O–H groups in total. The number of fused-ring (bicyclic) bond motifs is 1. The number of ether oxygens (including phenoxy) is 2. The smallest absolute Gasteiger partial charge is 0.117 e. The molecule has 1 heterocycles. The highest BCUT2D eigenvalue weighted by Gasteiger charge is 2.09. The van der Waals surface area contributed by atoms with E-state index in [1.807, 2.05) is 18.2 Å². The second kappa shape index (κ2) is 5.95. The summed E-state index contributed by atoms with van der Waals surface area (Å²) >= 11 is 1.48. The van der Waals surface area contributed by atoms with Gasteiger partial charge in [-0.1, -0.05) is 12.1 Å². The largest absolute Gasteiger partial charge is 0.382 e. The average Bonchev–Trinajstić information content (AvgIpc) is 2.78. The van der Waals surface area contributed by atoms with Gasteiger partial charge in [0.15, 0.2) is 0 Å². The molecule has 1 aromatic carbocycles. The average molecular weight is 252 g/mol. The highest BCUT2D eigenvalue weighted by molar-refractivity contribution is 7.11. The molecule has 92 valence electrons. The molecule has 0 aliphatic heterocycles. The molecule has 0 saturated heterocycles. The van der Waals surface area contributed by atoms with Gasteiger partial charge < -0.3 is 14.8 Å². The quantitative estimate of drug-likeness (QED) is 0.857. The lowest BCUT2D eigenvalue weighted by molar-refractivity contribution is 0.0366. The van der Waals surface area contributed by atoms with Crippen molar-refractivity contribution < 1.29 is 9.47 Å². The summed E-state index contributed by atoms with van der Waals surface area (Å²) in [6.07, 6.45) is 0.0564. The van der Waals surface area contributed by atoms with Crippen molar-refractivity contribution in [1.29, 1.82) is 0 Å². The number of methoxy groups -OCH3 is 2. The molecule has 1 aromatic heterocycles. The van der Waals surface area contributed by atoms with Crippen LogP contribution in [0.1, 0.15) is 0 Å². The third kappa shape index (κ3) is 2.94. The van der Waals surface area contributed by atoms with Gasteiger partial charge in [-0.15, -0.1) is 0 Å². The second-order valence-electron chi connectivity index (χ2n) is 3.72. The summed E-state index contributed by atoms with van der Waals surface area (Å²) in [4.78, 5) is 0. The molecular weight excluding hydrogens is 236 g/mol. The molecule has 2 aromatic rings. The molecule has 4 nitrogen and oxygen atoms in total. The summed E-state index contributed by atoms with van der Waals surface area (Å²) in [5.74, 6) is 0. The SMILES string of the molecule is COCC(CNc1snc2ccccc12)OC. The zero-order valence-electron chi connectivity index (χ0n) is 9.97. The molecular formula is C12H16N2O2S. The first-order chi connectivity index (χ1) is 8.35. The van der Waals surface area contributed by atoms with E-state index in [0.29, 0.717) is 6.61 Å². The second-order valence-corrected chi connectivity index (χ2v) is 4.50. The van der Waals surface area contributed by atoms with Crippen LogP contribution in [0.15, 0.2) is 24.3 Å². The van der Waals surface area contributed by atoms with Gasteiger partial charge in [0.1, 0.15) is 5.00 Å². The van der Waals surface area contributed by atoms with Gasteiger partial charge in [-0.2, -0.15) is 4.37 Å². The summed E-state index contributed by atoms with van der Waals surface area (Å²) < 4.78 is 14.7. The molecule has 0 aliphatic rings. The van der Waals surface area contributed by atoms with E-state index in [-0.39, 0.29) is 6.10 Å². The molecule has 0 saturated carbocycles. The van der Waals surface area contributed by atoms with Gasteiger partial charge in [0.25, 0.3) is 0 Å². The van der Waals surface area contributed by atoms with Crippen LogP contribution in [-0.4, -0.2) is 37.8 Å². The van der Waals surface area contributed by atoms with Crippen LogP contribution >= 0.6 is 11.5 Å². The number of aromatic nitrogens is 1. The van der Waals surface area contributed by atoms with Crippen LogP contribution in [-0.2, 0) is 9.47 Å². The fourth-order valence-corrected chi connectivity index (χ4v) is 2.39. The maximum absolute atomic E-state index is 5.30. The number of anilines is 1. The van der Waals surface area contributed by atoms with Gasteiger partial charge in [0, 0.05) is 26.2 Å². The summed E-state index contributed by atoms with van der Waals surface area (Å²) in [6, 6.07) is 8.10. The number of rotatable bonds is 6. The maximum Gasteiger partial charge on any atom is 0.117 e. The van der Waals surface area contributed by atoms with E-state index < -0.39 is 0 Å². The number of hydrogen-bond donors (Lipinski definition) is 1. The van der Waals surface area contributed by atoms with Crippen LogP contribution in [0.25, 0.3) is 10.9 Å². The third-order valence-electron chi connectivity index (χ3n) is 2.56. The molecule has 0 fully saturated rings. The zero-order valence-corrected chi connectivity index (χ0v) is 10.8. The number of nitrogens with one attached hydrogen (secondary N) is 1. The van der Waals surface area contributed by atoms with Crippen LogP contribution in [0.4, 0.5) is 5.00 Å². The van der Waals surface area contributed by atoms with Gasteiger partial charge in [0.05, 0.1) is 18.2 Å². The van der Waals surface area contributed by atoms with E-state index >= 15 is 0 Å². The van der Waals surface area contributed by atoms with Crippen LogP contribution in [0, 0.1) is 0 Å². The first-order valence-electron chi connectivity index (χ1n) is 5.45. The Labute approximate surface area is 105 Å². The lowest BCUT2D eigenvalue weighted by Gasteiger charge is -2.14.